The summed E-state index contributed by atoms with van der Waals surface area (Å²) in [6.45, 7) is 29.2. The molecule has 0 radical (unpaired) electrons. The average molecular weight is 953 g/mol. The normalized spacial score (nSPS) is 16.7. The van der Waals surface area contributed by atoms with Gasteiger partial charge < -0.3 is 0 Å². The summed E-state index contributed by atoms with van der Waals surface area (Å²) in [6.07, 6.45) is 12.9. The van der Waals surface area contributed by atoms with Crippen LogP contribution in [0, 0.1) is 0 Å². The molecule has 0 saturated heterocycles. The first-order valence-electron chi connectivity index (χ1n) is 25.0. The third-order valence-corrected chi connectivity index (χ3v) is 24.0. The van der Waals surface area contributed by atoms with Gasteiger partial charge in [0, 0.05) is 0 Å². The Hall–Kier alpha value is -3.01. The summed E-state index contributed by atoms with van der Waals surface area (Å²) < 4.78 is 1.55. The fraction of sp³-hybridized carbons (Fsp3) is 0.500. The number of para-hydroxylation sites is 1. The van der Waals surface area contributed by atoms with Crippen molar-refractivity contribution in [1.29, 1.82) is 0 Å². The van der Waals surface area contributed by atoms with Gasteiger partial charge in [0.25, 0.3) is 0 Å². The molecule has 5 aromatic carbocycles. The van der Waals surface area contributed by atoms with Gasteiger partial charge in [-0.15, -0.1) is 0 Å². The molecule has 2 saturated carbocycles. The van der Waals surface area contributed by atoms with Crippen molar-refractivity contribution < 1.29 is 17.5 Å². The molecule has 1 nitrogen and oxygen atoms in total. The first kappa shape index (κ1) is 47.9. The van der Waals surface area contributed by atoms with E-state index in [-0.39, 0.29) is 5.16 Å². The van der Waals surface area contributed by atoms with E-state index >= 15 is 0 Å². The third-order valence-electron chi connectivity index (χ3n) is 14.5. The first-order chi connectivity index (χ1) is 30.1. The van der Waals surface area contributed by atoms with Crippen molar-refractivity contribution in [3.8, 4) is 33.4 Å². The van der Waals surface area contributed by atoms with Crippen molar-refractivity contribution >= 4 is 15.8 Å². The summed E-state index contributed by atoms with van der Waals surface area (Å²) in [7, 11) is 0. The second-order valence-electron chi connectivity index (χ2n) is 21.1. The number of rotatable bonds is 14. The van der Waals surface area contributed by atoms with Crippen LogP contribution >= 0.6 is 6.11 Å². The van der Waals surface area contributed by atoms with Crippen LogP contribution in [0.1, 0.15) is 222 Å². The summed E-state index contributed by atoms with van der Waals surface area (Å²) in [4.78, 5) is 0. The molecular formula is C60H80NPPd. The third kappa shape index (κ3) is 9.92. The van der Waals surface area contributed by atoms with E-state index in [1.807, 2.05) is 0 Å². The summed E-state index contributed by atoms with van der Waals surface area (Å²) in [6, 6.07) is 36.2. The van der Waals surface area contributed by atoms with Crippen molar-refractivity contribution in [2.45, 2.75) is 194 Å². The van der Waals surface area contributed by atoms with E-state index in [1.165, 1.54) is 109 Å². The van der Waals surface area contributed by atoms with Crippen LogP contribution in [0.5, 0.6) is 0 Å². The Morgan fingerprint density at radius 2 is 0.889 bits per heavy atom. The molecule has 7 rings (SSSR count). The molecule has 2 aliphatic rings. The molecule has 2 fully saturated rings. The second kappa shape index (κ2) is 20.7. The number of anilines is 1. The predicted octanol–water partition coefficient (Wildman–Crippen LogP) is 18.3. The topological polar surface area (TPSA) is 26.0 Å². The molecule has 5 aromatic rings. The Kier molecular flexibility index (Phi) is 15.7. The summed E-state index contributed by atoms with van der Waals surface area (Å²) in [5.74, 6) is 2.58. The monoisotopic (exact) mass is 952 g/mol. The van der Waals surface area contributed by atoms with Crippen LogP contribution in [0.15, 0.2) is 91.0 Å². The molecule has 2 N–H and O–H groups in total. The van der Waals surface area contributed by atoms with Crippen molar-refractivity contribution in [3.63, 3.8) is 0 Å². The number of nitrogens with two attached hydrogens (primary N) is 1. The van der Waals surface area contributed by atoms with Gasteiger partial charge >= 0.3 is 396 Å². The quantitative estimate of drug-likeness (QED) is 0.0670. The fourth-order valence-corrected chi connectivity index (χ4v) is 21.4. The van der Waals surface area contributed by atoms with E-state index in [2.05, 4.69) is 174 Å². The molecule has 0 aromatic heterocycles. The van der Waals surface area contributed by atoms with Gasteiger partial charge in [0.1, 0.15) is 0 Å². The summed E-state index contributed by atoms with van der Waals surface area (Å²) >= 11 is 0.442. The molecule has 0 amide bonds. The van der Waals surface area contributed by atoms with Crippen LogP contribution in [0.25, 0.3) is 33.4 Å². The van der Waals surface area contributed by atoms with Crippen molar-refractivity contribution in [2.24, 2.45) is 0 Å². The molecular weight excluding hydrogens is 872 g/mol. The van der Waals surface area contributed by atoms with E-state index in [1.54, 1.807) is 31.9 Å². The summed E-state index contributed by atoms with van der Waals surface area (Å²) in [5.41, 5.74) is 28.1. The van der Waals surface area contributed by atoms with Gasteiger partial charge in [0.2, 0.25) is 0 Å². The zero-order chi connectivity index (χ0) is 45.2. The van der Waals surface area contributed by atoms with Crippen molar-refractivity contribution in [3.05, 3.63) is 130 Å². The standard InChI is InChI=1S/C48H70P.C12H10N.Pd/c1-30(2)36-26-41(32(5)6)45(42(27-36)33(7)8)39-22-19-23-40(46-43(34(9)10)28-37(31(3)4)29-44(46)35(11)12)47(39)48(24-17-14-18-25-48)49-38-20-15-13-16-21-38;13-12-9-5-4-8-11(12)10-6-2-1-3-7-10;/h19,22-23,26-35,38H,13-18,20-21,24-25H2,1-12H3;1-6,8-9H,13H2;/q-1;;+1. The number of hydrogen-bond donors (Lipinski definition) is 1. The van der Waals surface area contributed by atoms with Crippen LogP contribution in [0.3, 0.4) is 0 Å². The van der Waals surface area contributed by atoms with Crippen LogP contribution in [0.4, 0.5) is 5.69 Å². The molecule has 1 atom stereocenters. The van der Waals surface area contributed by atoms with Gasteiger partial charge in [0.05, 0.1) is 0 Å². The molecule has 340 valence electrons. The number of nitrogen functional groups attached to an aromatic ring is 1. The minimum absolute atomic E-state index is 0.0731. The van der Waals surface area contributed by atoms with Crippen LogP contribution < -0.4 is 9.77 Å². The number of hydrogen-bond acceptors (Lipinski definition) is 1. The maximum absolute atomic E-state index is 6.85. The predicted molar refractivity (Wildman–Crippen MR) is 276 cm³/mol. The molecule has 2 aliphatic carbocycles. The van der Waals surface area contributed by atoms with Gasteiger partial charge in [-0.05, 0) is 0 Å². The Balaban J connectivity index is 1.66. The zero-order valence-electron chi connectivity index (χ0n) is 41.1. The van der Waals surface area contributed by atoms with Gasteiger partial charge in [-0.1, -0.05) is 0 Å². The summed E-state index contributed by atoms with van der Waals surface area (Å²) in [5, 5.41) is 0.0731. The fourth-order valence-electron chi connectivity index (χ4n) is 11.0. The SMILES string of the molecule is CC(C)c1cc(C(C)C)c(-c2cccc(-c3c(C(C)C)cc(C(C)C)cc3C(C)C)c2C2([P]([Pd][c]3ccccc3-c3ccccc3N)C3CCCCC3)CCCCC2)c(C(C)C)c1. The van der Waals surface area contributed by atoms with E-state index in [9.17, 15) is 0 Å². The van der Waals surface area contributed by atoms with Crippen molar-refractivity contribution in [2.75, 3.05) is 5.73 Å². The van der Waals surface area contributed by atoms with Crippen LogP contribution in [-0.4, -0.2) is 5.66 Å². The molecule has 0 aliphatic heterocycles. The average Bonchev–Trinajstić information content (AvgIpc) is 3.27. The molecule has 3 heteroatoms. The Morgan fingerprint density at radius 3 is 1.33 bits per heavy atom. The molecule has 0 spiro atoms. The van der Waals surface area contributed by atoms with Crippen molar-refractivity contribution in [1.82, 2.24) is 0 Å². The molecule has 63 heavy (non-hydrogen) atoms. The molecule has 1 unspecified atom stereocenters. The van der Waals surface area contributed by atoms with Crippen LogP contribution in [-0.2, 0) is 22.6 Å². The Morgan fingerprint density at radius 1 is 0.476 bits per heavy atom. The molecule has 0 heterocycles. The van der Waals surface area contributed by atoms with Gasteiger partial charge in [0.15, 0.2) is 0 Å². The Bertz CT molecular complexity index is 2180. The minimum atomic E-state index is -0.487. The second-order valence-corrected chi connectivity index (χ2v) is 27.5. The van der Waals surface area contributed by atoms with Gasteiger partial charge in [-0.25, -0.2) is 0 Å². The molecule has 0 bridgehead atoms. The van der Waals surface area contributed by atoms with E-state index in [0.717, 1.165) is 11.3 Å². The van der Waals surface area contributed by atoms with Gasteiger partial charge in [-0.2, -0.15) is 0 Å². The number of benzene rings is 5. The van der Waals surface area contributed by atoms with E-state index in [4.69, 9.17) is 5.73 Å². The first-order valence-corrected chi connectivity index (χ1v) is 29.1. The van der Waals surface area contributed by atoms with Crippen LogP contribution in [0.2, 0.25) is 0 Å². The maximum atomic E-state index is 6.85. The van der Waals surface area contributed by atoms with E-state index in [0.29, 0.717) is 53.0 Å². The van der Waals surface area contributed by atoms with E-state index < -0.39 is 6.11 Å². The van der Waals surface area contributed by atoms with Gasteiger partial charge in [-0.3, -0.25) is 0 Å². The Labute approximate surface area is 393 Å². The zero-order valence-corrected chi connectivity index (χ0v) is 43.6.